The van der Waals surface area contributed by atoms with E-state index in [0.29, 0.717) is 19.5 Å². The van der Waals surface area contributed by atoms with Crippen LogP contribution in [-0.4, -0.2) is 28.4 Å². The topological polar surface area (TPSA) is 57.6 Å². The summed E-state index contributed by atoms with van der Waals surface area (Å²) in [6, 6.07) is 11.6. The maximum atomic E-state index is 12.6. The van der Waals surface area contributed by atoms with E-state index in [9.17, 15) is 9.59 Å². The van der Waals surface area contributed by atoms with Crippen LogP contribution < -0.4 is 0 Å². The fourth-order valence-corrected chi connectivity index (χ4v) is 3.53. The van der Waals surface area contributed by atoms with Crippen molar-refractivity contribution in [2.75, 3.05) is 6.54 Å². The maximum absolute atomic E-state index is 12.6. The Labute approximate surface area is 148 Å². The predicted molar refractivity (Wildman–Crippen MR) is 96.8 cm³/mol. The van der Waals surface area contributed by atoms with E-state index >= 15 is 0 Å². The molecule has 0 fully saturated rings. The molecular weight excluding hydrogens is 314 g/mol. The molecule has 1 aliphatic heterocycles. The average molecular weight is 337 g/mol. The Hall–Kier alpha value is -2.62. The van der Waals surface area contributed by atoms with Crippen LogP contribution in [-0.2, 0) is 24.2 Å². The molecule has 130 valence electrons. The Kier molecular flexibility index (Phi) is 4.88. The molecule has 0 spiro atoms. The molecule has 4 heteroatoms. The zero-order chi connectivity index (χ0) is 18.0. The minimum absolute atomic E-state index is 0.130. The SMILES string of the molecule is Cc1cc(C)cc(CCC(=O)N2CCc3ccc(C(=O)O)cc3C2)c1. The van der Waals surface area contributed by atoms with Crippen LogP contribution in [0.5, 0.6) is 0 Å². The number of benzene rings is 2. The normalized spacial score (nSPS) is 13.4. The Morgan fingerprint density at radius 1 is 1.04 bits per heavy atom. The predicted octanol–water partition coefficient (Wildman–Crippen LogP) is 3.52. The first-order valence-electron chi connectivity index (χ1n) is 8.62. The summed E-state index contributed by atoms with van der Waals surface area (Å²) in [5, 5.41) is 9.14. The summed E-state index contributed by atoms with van der Waals surface area (Å²) in [6.07, 6.45) is 2.00. The molecule has 0 unspecified atom stereocenters. The lowest BCUT2D eigenvalue weighted by atomic mass is 9.96. The number of rotatable bonds is 4. The second-order valence-electron chi connectivity index (χ2n) is 6.85. The van der Waals surface area contributed by atoms with Gasteiger partial charge in [0.1, 0.15) is 0 Å². The van der Waals surface area contributed by atoms with E-state index < -0.39 is 5.97 Å². The molecule has 0 aromatic heterocycles. The summed E-state index contributed by atoms with van der Waals surface area (Å²) >= 11 is 0. The van der Waals surface area contributed by atoms with Gasteiger partial charge in [0.05, 0.1) is 5.56 Å². The van der Waals surface area contributed by atoms with E-state index in [-0.39, 0.29) is 11.5 Å². The van der Waals surface area contributed by atoms with Crippen LogP contribution in [0.4, 0.5) is 0 Å². The Balaban J connectivity index is 1.65. The van der Waals surface area contributed by atoms with Crippen LogP contribution in [0.3, 0.4) is 0 Å². The third-order valence-electron chi connectivity index (χ3n) is 4.73. The summed E-state index contributed by atoms with van der Waals surface area (Å²) in [7, 11) is 0. The van der Waals surface area contributed by atoms with Crippen molar-refractivity contribution >= 4 is 11.9 Å². The van der Waals surface area contributed by atoms with Crippen LogP contribution >= 0.6 is 0 Å². The fourth-order valence-electron chi connectivity index (χ4n) is 3.53. The summed E-state index contributed by atoms with van der Waals surface area (Å²) in [4.78, 5) is 25.6. The first-order valence-corrected chi connectivity index (χ1v) is 8.62. The van der Waals surface area contributed by atoms with Gasteiger partial charge in [0.15, 0.2) is 0 Å². The van der Waals surface area contributed by atoms with Gasteiger partial charge in [-0.1, -0.05) is 35.4 Å². The van der Waals surface area contributed by atoms with Gasteiger partial charge < -0.3 is 10.0 Å². The van der Waals surface area contributed by atoms with Gasteiger partial charge in [-0.2, -0.15) is 0 Å². The zero-order valence-electron chi connectivity index (χ0n) is 14.7. The second kappa shape index (κ2) is 7.09. The van der Waals surface area contributed by atoms with Crippen molar-refractivity contribution in [1.29, 1.82) is 0 Å². The molecule has 2 aromatic rings. The molecule has 0 saturated carbocycles. The van der Waals surface area contributed by atoms with Gasteiger partial charge >= 0.3 is 5.97 Å². The molecule has 1 N–H and O–H groups in total. The minimum Gasteiger partial charge on any atom is -0.478 e. The highest BCUT2D eigenvalue weighted by atomic mass is 16.4. The lowest BCUT2D eigenvalue weighted by molar-refractivity contribution is -0.132. The van der Waals surface area contributed by atoms with E-state index in [4.69, 9.17) is 5.11 Å². The molecule has 3 rings (SSSR count). The Morgan fingerprint density at radius 3 is 2.44 bits per heavy atom. The summed E-state index contributed by atoms with van der Waals surface area (Å²) in [5.74, 6) is -0.799. The van der Waals surface area contributed by atoms with Crippen LogP contribution in [0, 0.1) is 13.8 Å². The molecule has 1 amide bonds. The van der Waals surface area contributed by atoms with E-state index in [0.717, 1.165) is 24.0 Å². The van der Waals surface area contributed by atoms with Gasteiger partial charge in [-0.15, -0.1) is 0 Å². The molecule has 25 heavy (non-hydrogen) atoms. The number of hydrogen-bond donors (Lipinski definition) is 1. The summed E-state index contributed by atoms with van der Waals surface area (Å²) in [5.41, 5.74) is 6.00. The molecule has 1 aliphatic rings. The van der Waals surface area contributed by atoms with E-state index in [1.165, 1.54) is 16.7 Å². The van der Waals surface area contributed by atoms with Crippen LogP contribution in [0.1, 0.15) is 44.6 Å². The van der Waals surface area contributed by atoms with Crippen molar-refractivity contribution in [2.45, 2.75) is 39.7 Å². The lowest BCUT2D eigenvalue weighted by Crippen LogP contribution is -2.36. The van der Waals surface area contributed by atoms with Crippen molar-refractivity contribution < 1.29 is 14.7 Å². The highest BCUT2D eigenvalue weighted by Gasteiger charge is 2.21. The van der Waals surface area contributed by atoms with Gasteiger partial charge in [-0.25, -0.2) is 4.79 Å². The van der Waals surface area contributed by atoms with Crippen LogP contribution in [0.25, 0.3) is 0 Å². The summed E-state index contributed by atoms with van der Waals surface area (Å²) < 4.78 is 0. The van der Waals surface area contributed by atoms with Crippen LogP contribution in [0.15, 0.2) is 36.4 Å². The molecule has 0 radical (unpaired) electrons. The quantitative estimate of drug-likeness (QED) is 0.929. The molecule has 2 aromatic carbocycles. The zero-order valence-corrected chi connectivity index (χ0v) is 14.7. The molecule has 0 aliphatic carbocycles. The van der Waals surface area contributed by atoms with Crippen molar-refractivity contribution in [1.82, 2.24) is 4.90 Å². The highest BCUT2D eigenvalue weighted by Crippen LogP contribution is 2.21. The third-order valence-corrected chi connectivity index (χ3v) is 4.73. The minimum atomic E-state index is -0.930. The fraction of sp³-hybridized carbons (Fsp3) is 0.333. The molecule has 0 saturated heterocycles. The number of nitrogens with zero attached hydrogens (tertiary/aromatic N) is 1. The highest BCUT2D eigenvalue weighted by molar-refractivity contribution is 5.88. The Bertz CT molecular complexity index is 806. The number of aryl methyl sites for hydroxylation is 3. The van der Waals surface area contributed by atoms with Gasteiger partial charge in [0, 0.05) is 19.5 Å². The number of aromatic carboxylic acids is 1. The van der Waals surface area contributed by atoms with Gasteiger partial charge in [0.25, 0.3) is 0 Å². The molecule has 1 heterocycles. The molecular formula is C21H23NO3. The molecule has 4 nitrogen and oxygen atoms in total. The van der Waals surface area contributed by atoms with Crippen molar-refractivity contribution in [3.05, 3.63) is 69.8 Å². The second-order valence-corrected chi connectivity index (χ2v) is 6.85. The summed E-state index contributed by atoms with van der Waals surface area (Å²) in [6.45, 7) is 5.34. The first kappa shape index (κ1) is 17.2. The Morgan fingerprint density at radius 2 is 1.76 bits per heavy atom. The van der Waals surface area contributed by atoms with Crippen LogP contribution in [0.2, 0.25) is 0 Å². The number of fused-ring (bicyclic) bond motifs is 1. The number of carbonyl (C=O) groups excluding carboxylic acids is 1. The maximum Gasteiger partial charge on any atom is 0.335 e. The number of hydrogen-bond acceptors (Lipinski definition) is 2. The van der Waals surface area contributed by atoms with E-state index in [1.807, 2.05) is 11.0 Å². The monoisotopic (exact) mass is 337 g/mol. The van der Waals surface area contributed by atoms with Gasteiger partial charge in [0.2, 0.25) is 5.91 Å². The van der Waals surface area contributed by atoms with Crippen molar-refractivity contribution in [2.24, 2.45) is 0 Å². The molecule has 0 atom stereocenters. The van der Waals surface area contributed by atoms with Crippen molar-refractivity contribution in [3.63, 3.8) is 0 Å². The molecule has 0 bridgehead atoms. The number of amides is 1. The number of carboxylic acids is 1. The van der Waals surface area contributed by atoms with E-state index in [1.54, 1.807) is 12.1 Å². The van der Waals surface area contributed by atoms with Gasteiger partial charge in [-0.05, 0) is 55.5 Å². The van der Waals surface area contributed by atoms with Gasteiger partial charge in [-0.3, -0.25) is 4.79 Å². The average Bonchev–Trinajstić information content (AvgIpc) is 2.57. The lowest BCUT2D eigenvalue weighted by Gasteiger charge is -2.29. The number of carbonyl (C=O) groups is 2. The largest absolute Gasteiger partial charge is 0.478 e. The van der Waals surface area contributed by atoms with Crippen molar-refractivity contribution in [3.8, 4) is 0 Å². The smallest absolute Gasteiger partial charge is 0.335 e. The first-order chi connectivity index (χ1) is 11.9. The third kappa shape index (κ3) is 4.08. The van der Waals surface area contributed by atoms with E-state index in [2.05, 4.69) is 32.0 Å². The standard InChI is InChI=1S/C21H23NO3/c1-14-9-15(2)11-16(10-14)3-6-20(23)22-8-7-17-4-5-18(21(24)25)12-19(17)13-22/h4-5,9-12H,3,6-8,13H2,1-2H3,(H,24,25). The number of carboxylic acid groups (broad SMARTS) is 1.